The summed E-state index contributed by atoms with van der Waals surface area (Å²) < 4.78 is 4.92. The number of benzene rings is 1. The molecule has 0 bridgehead atoms. The van der Waals surface area contributed by atoms with E-state index in [1.54, 1.807) is 0 Å². The highest BCUT2D eigenvalue weighted by Crippen LogP contribution is 2.36. The molecule has 0 aromatic heterocycles. The molecule has 1 amide bonds. The van der Waals surface area contributed by atoms with Gasteiger partial charge in [0.15, 0.2) is 5.75 Å². The number of carboxylic acids is 1. The van der Waals surface area contributed by atoms with Crippen molar-refractivity contribution in [2.45, 2.75) is 19.3 Å². The van der Waals surface area contributed by atoms with Crippen molar-refractivity contribution in [3.63, 3.8) is 0 Å². The van der Waals surface area contributed by atoms with Crippen LogP contribution in [-0.2, 0) is 9.59 Å². The number of amides is 1. The average molecular weight is 308 g/mol. The SMILES string of the molecule is COc1ccc(N(CCC(=O)O)C(=O)C2CC2)cc1[N+](=O)[O-]. The maximum absolute atomic E-state index is 12.3. The maximum atomic E-state index is 12.3. The van der Waals surface area contributed by atoms with E-state index in [0.29, 0.717) is 5.69 Å². The van der Waals surface area contributed by atoms with Gasteiger partial charge in [-0.25, -0.2) is 0 Å². The van der Waals surface area contributed by atoms with Crippen LogP contribution in [0.4, 0.5) is 11.4 Å². The highest BCUT2D eigenvalue weighted by atomic mass is 16.6. The Bertz CT molecular complexity index is 611. The van der Waals surface area contributed by atoms with Crippen LogP contribution in [0.5, 0.6) is 5.75 Å². The van der Waals surface area contributed by atoms with Gasteiger partial charge in [0.25, 0.3) is 0 Å². The number of carboxylic acid groups (broad SMARTS) is 1. The van der Waals surface area contributed by atoms with Crippen LogP contribution in [0, 0.1) is 16.0 Å². The molecule has 0 spiro atoms. The molecule has 1 saturated carbocycles. The van der Waals surface area contributed by atoms with E-state index in [4.69, 9.17) is 9.84 Å². The van der Waals surface area contributed by atoms with E-state index in [0.717, 1.165) is 12.8 Å². The molecule has 1 aliphatic rings. The van der Waals surface area contributed by atoms with E-state index < -0.39 is 10.9 Å². The quantitative estimate of drug-likeness (QED) is 0.607. The van der Waals surface area contributed by atoms with E-state index in [1.165, 1.54) is 30.2 Å². The minimum atomic E-state index is -1.03. The molecule has 1 fully saturated rings. The molecule has 1 aromatic carbocycles. The van der Waals surface area contributed by atoms with Gasteiger partial charge < -0.3 is 14.7 Å². The fraction of sp³-hybridized carbons (Fsp3) is 0.429. The van der Waals surface area contributed by atoms with Gasteiger partial charge in [0.2, 0.25) is 5.91 Å². The summed E-state index contributed by atoms with van der Waals surface area (Å²) in [5, 5.41) is 19.9. The maximum Gasteiger partial charge on any atom is 0.312 e. The predicted octanol–water partition coefficient (Wildman–Crippen LogP) is 1.82. The van der Waals surface area contributed by atoms with Gasteiger partial charge in [-0.05, 0) is 25.0 Å². The summed E-state index contributed by atoms with van der Waals surface area (Å²) in [7, 11) is 1.32. The number of rotatable bonds is 7. The van der Waals surface area contributed by atoms with Crippen LogP contribution < -0.4 is 9.64 Å². The molecule has 8 nitrogen and oxygen atoms in total. The number of nitro groups is 1. The second-order valence-electron chi connectivity index (χ2n) is 5.02. The monoisotopic (exact) mass is 308 g/mol. The van der Waals surface area contributed by atoms with Gasteiger partial charge in [-0.2, -0.15) is 0 Å². The third kappa shape index (κ3) is 3.51. The highest BCUT2D eigenvalue weighted by molar-refractivity contribution is 5.97. The van der Waals surface area contributed by atoms with Gasteiger partial charge in [-0.3, -0.25) is 19.7 Å². The molecule has 0 saturated heterocycles. The molecule has 0 radical (unpaired) electrons. The van der Waals surface area contributed by atoms with E-state index in [9.17, 15) is 19.7 Å². The van der Waals surface area contributed by atoms with Crippen molar-refractivity contribution in [2.24, 2.45) is 5.92 Å². The van der Waals surface area contributed by atoms with Gasteiger partial charge in [0.1, 0.15) is 0 Å². The van der Waals surface area contributed by atoms with Crippen molar-refractivity contribution in [1.82, 2.24) is 0 Å². The lowest BCUT2D eigenvalue weighted by Gasteiger charge is -2.22. The van der Waals surface area contributed by atoms with E-state index in [-0.39, 0.29) is 36.2 Å². The molecule has 0 heterocycles. The summed E-state index contributed by atoms with van der Waals surface area (Å²) in [6, 6.07) is 4.16. The van der Waals surface area contributed by atoms with Gasteiger partial charge in [0, 0.05) is 18.5 Å². The topological polar surface area (TPSA) is 110 Å². The van der Waals surface area contributed by atoms with Crippen LogP contribution in [0.1, 0.15) is 19.3 Å². The molecule has 1 aromatic rings. The largest absolute Gasteiger partial charge is 0.490 e. The molecular formula is C14H16N2O6. The number of carbonyl (C=O) groups is 2. The Morgan fingerprint density at radius 3 is 2.64 bits per heavy atom. The second-order valence-corrected chi connectivity index (χ2v) is 5.02. The van der Waals surface area contributed by atoms with Gasteiger partial charge in [0.05, 0.1) is 24.1 Å². The van der Waals surface area contributed by atoms with Gasteiger partial charge in [-0.15, -0.1) is 0 Å². The fourth-order valence-electron chi connectivity index (χ4n) is 2.11. The Labute approximate surface area is 126 Å². The predicted molar refractivity (Wildman–Crippen MR) is 77.0 cm³/mol. The van der Waals surface area contributed by atoms with Crippen molar-refractivity contribution < 1.29 is 24.4 Å². The summed E-state index contributed by atoms with van der Waals surface area (Å²) in [5.41, 5.74) is 0.0505. The van der Waals surface area contributed by atoms with Crippen molar-refractivity contribution in [3.8, 4) is 5.75 Å². The number of carbonyl (C=O) groups excluding carboxylic acids is 1. The Morgan fingerprint density at radius 2 is 2.14 bits per heavy atom. The molecule has 0 unspecified atom stereocenters. The highest BCUT2D eigenvalue weighted by Gasteiger charge is 2.34. The normalized spacial score (nSPS) is 13.5. The number of methoxy groups -OCH3 is 1. The van der Waals surface area contributed by atoms with Crippen LogP contribution in [0.2, 0.25) is 0 Å². The Hall–Kier alpha value is -2.64. The second kappa shape index (κ2) is 6.42. The first-order chi connectivity index (χ1) is 10.4. The number of hydrogen-bond acceptors (Lipinski definition) is 5. The molecule has 118 valence electrons. The molecule has 8 heteroatoms. The number of hydrogen-bond donors (Lipinski definition) is 1. The van der Waals surface area contributed by atoms with Gasteiger partial charge in [-0.1, -0.05) is 0 Å². The first-order valence-electron chi connectivity index (χ1n) is 6.79. The standard InChI is InChI=1S/C14H16N2O6/c1-22-12-5-4-10(8-11(12)16(20)21)15(7-6-13(17)18)14(19)9-2-3-9/h4-5,8-9H,2-3,6-7H2,1H3,(H,17,18). The summed E-state index contributed by atoms with van der Waals surface area (Å²) in [6.45, 7) is -0.0197. The number of aliphatic carboxylic acids is 1. The first-order valence-corrected chi connectivity index (χ1v) is 6.79. The van der Waals surface area contributed by atoms with Gasteiger partial charge >= 0.3 is 11.7 Å². The van der Waals surface area contributed by atoms with Crippen LogP contribution >= 0.6 is 0 Å². The van der Waals surface area contributed by atoms with Crippen molar-refractivity contribution in [3.05, 3.63) is 28.3 Å². The third-order valence-corrected chi connectivity index (χ3v) is 3.41. The lowest BCUT2D eigenvalue weighted by atomic mass is 10.2. The lowest BCUT2D eigenvalue weighted by molar-refractivity contribution is -0.385. The van der Waals surface area contributed by atoms with E-state index >= 15 is 0 Å². The zero-order valence-electron chi connectivity index (χ0n) is 12.0. The summed E-state index contributed by atoms with van der Waals surface area (Å²) in [5.74, 6) is -1.25. The van der Waals surface area contributed by atoms with Crippen LogP contribution in [-0.4, -0.2) is 35.6 Å². The van der Waals surface area contributed by atoms with Crippen LogP contribution in [0.25, 0.3) is 0 Å². The van der Waals surface area contributed by atoms with Crippen molar-refractivity contribution in [1.29, 1.82) is 0 Å². The number of nitro benzene ring substituents is 1. The molecule has 0 aliphatic heterocycles. The summed E-state index contributed by atoms with van der Waals surface area (Å²) >= 11 is 0. The molecule has 2 rings (SSSR count). The summed E-state index contributed by atoms with van der Waals surface area (Å²) in [4.78, 5) is 34.8. The minimum absolute atomic E-state index is 0.0197. The molecule has 1 aliphatic carbocycles. The first kappa shape index (κ1) is 15.7. The fourth-order valence-corrected chi connectivity index (χ4v) is 2.11. The number of nitrogens with zero attached hydrogens (tertiary/aromatic N) is 2. The average Bonchev–Trinajstić information content (AvgIpc) is 3.31. The Morgan fingerprint density at radius 1 is 1.45 bits per heavy atom. The van der Waals surface area contributed by atoms with Crippen LogP contribution in [0.3, 0.4) is 0 Å². The number of anilines is 1. The Balaban J connectivity index is 2.33. The Kier molecular flexibility index (Phi) is 4.59. The van der Waals surface area contributed by atoms with E-state index in [1.807, 2.05) is 0 Å². The van der Waals surface area contributed by atoms with Crippen molar-refractivity contribution >= 4 is 23.3 Å². The summed E-state index contributed by atoms with van der Waals surface area (Å²) in [6.07, 6.45) is 1.31. The van der Waals surface area contributed by atoms with E-state index in [2.05, 4.69) is 0 Å². The lowest BCUT2D eigenvalue weighted by Crippen LogP contribution is -2.34. The molecule has 22 heavy (non-hydrogen) atoms. The number of ether oxygens (including phenoxy) is 1. The molecular weight excluding hydrogens is 292 g/mol. The zero-order valence-corrected chi connectivity index (χ0v) is 12.0. The third-order valence-electron chi connectivity index (χ3n) is 3.41. The van der Waals surface area contributed by atoms with Crippen molar-refractivity contribution in [2.75, 3.05) is 18.6 Å². The van der Waals surface area contributed by atoms with Crippen LogP contribution in [0.15, 0.2) is 18.2 Å². The molecule has 1 N–H and O–H groups in total. The molecule has 0 atom stereocenters. The minimum Gasteiger partial charge on any atom is -0.490 e. The zero-order chi connectivity index (χ0) is 16.3. The smallest absolute Gasteiger partial charge is 0.312 e.